The van der Waals surface area contributed by atoms with E-state index in [0.29, 0.717) is 6.61 Å². The molecule has 2 aromatic rings. The van der Waals surface area contributed by atoms with Crippen LogP contribution in [0.4, 0.5) is 0 Å². The average molecular weight is 277 g/mol. The zero-order valence-corrected chi connectivity index (χ0v) is 12.3. The molecular weight excluding hydrogens is 258 g/mol. The molecule has 2 nitrogen and oxygen atoms in total. The van der Waals surface area contributed by atoms with Gasteiger partial charge in [0, 0.05) is 12.0 Å². The fourth-order valence-electron chi connectivity index (χ4n) is 3.04. The number of benzene rings is 2. The molecule has 1 aliphatic rings. The minimum atomic E-state index is -0.470. The van der Waals surface area contributed by atoms with Crippen LogP contribution in [0.1, 0.15) is 30.0 Å². The molecule has 0 fully saturated rings. The molecule has 0 bridgehead atoms. The normalized spacial score (nSPS) is 20.2. The predicted molar refractivity (Wildman–Crippen MR) is 83.4 cm³/mol. The van der Waals surface area contributed by atoms with Crippen LogP contribution in [0.15, 0.2) is 48.5 Å². The molecule has 106 valence electrons. The van der Waals surface area contributed by atoms with Gasteiger partial charge in [-0.3, -0.25) is 0 Å². The van der Waals surface area contributed by atoms with Gasteiger partial charge in [-0.15, -0.1) is 0 Å². The lowest BCUT2D eigenvalue weighted by molar-refractivity contribution is 0.241. The summed E-state index contributed by atoms with van der Waals surface area (Å²) in [6.45, 7) is 2.76. The van der Waals surface area contributed by atoms with E-state index in [2.05, 4.69) is 37.3 Å². The molecule has 1 aliphatic heterocycles. The van der Waals surface area contributed by atoms with E-state index in [-0.39, 0.29) is 0 Å². The highest BCUT2D eigenvalue weighted by atomic mass is 16.5. The van der Waals surface area contributed by atoms with Crippen LogP contribution in [0, 0.1) is 11.3 Å². The summed E-state index contributed by atoms with van der Waals surface area (Å²) in [6.07, 6.45) is 2.53. The molecule has 0 aromatic heterocycles. The number of aryl methyl sites for hydroxylation is 1. The first-order chi connectivity index (χ1) is 10.3. The molecule has 0 amide bonds. The Morgan fingerprint density at radius 1 is 1.10 bits per heavy atom. The third-order valence-electron chi connectivity index (χ3n) is 4.34. The zero-order valence-electron chi connectivity index (χ0n) is 12.3. The van der Waals surface area contributed by atoms with Gasteiger partial charge in [0.25, 0.3) is 0 Å². The maximum absolute atomic E-state index is 9.84. The molecule has 21 heavy (non-hydrogen) atoms. The third-order valence-corrected chi connectivity index (χ3v) is 4.34. The van der Waals surface area contributed by atoms with E-state index in [1.165, 1.54) is 11.1 Å². The number of rotatable bonds is 3. The first kappa shape index (κ1) is 13.7. The summed E-state index contributed by atoms with van der Waals surface area (Å²) in [5, 5.41) is 9.84. The van der Waals surface area contributed by atoms with Crippen molar-refractivity contribution in [3.63, 3.8) is 0 Å². The van der Waals surface area contributed by atoms with Gasteiger partial charge in [-0.2, -0.15) is 5.26 Å². The second-order valence-corrected chi connectivity index (χ2v) is 5.64. The second kappa shape index (κ2) is 5.61. The summed E-state index contributed by atoms with van der Waals surface area (Å²) in [5.74, 6) is 0.857. The van der Waals surface area contributed by atoms with Crippen LogP contribution in [-0.2, 0) is 18.3 Å². The Hall–Kier alpha value is -2.27. The van der Waals surface area contributed by atoms with Gasteiger partial charge >= 0.3 is 0 Å². The van der Waals surface area contributed by atoms with E-state index >= 15 is 0 Å². The van der Waals surface area contributed by atoms with Gasteiger partial charge in [0.2, 0.25) is 0 Å². The highest BCUT2D eigenvalue weighted by Crippen LogP contribution is 2.40. The Labute approximate surface area is 126 Å². The lowest BCUT2D eigenvalue weighted by atomic mass is 9.73. The fourth-order valence-corrected chi connectivity index (χ4v) is 3.04. The summed E-state index contributed by atoms with van der Waals surface area (Å²) in [5.41, 5.74) is 3.10. The van der Waals surface area contributed by atoms with Crippen LogP contribution in [-0.4, -0.2) is 6.61 Å². The minimum absolute atomic E-state index is 0.470. The highest BCUT2D eigenvalue weighted by Gasteiger charge is 2.38. The van der Waals surface area contributed by atoms with Crippen LogP contribution in [0.25, 0.3) is 0 Å². The number of para-hydroxylation sites is 1. The van der Waals surface area contributed by atoms with Crippen LogP contribution < -0.4 is 4.74 Å². The first-order valence-electron chi connectivity index (χ1n) is 7.49. The van der Waals surface area contributed by atoms with E-state index in [1.807, 2.05) is 24.3 Å². The van der Waals surface area contributed by atoms with Crippen molar-refractivity contribution in [2.75, 3.05) is 6.61 Å². The van der Waals surface area contributed by atoms with Crippen molar-refractivity contribution < 1.29 is 4.74 Å². The van der Waals surface area contributed by atoms with Gasteiger partial charge < -0.3 is 4.74 Å². The number of hydrogen-bond donors (Lipinski definition) is 0. The Morgan fingerprint density at radius 2 is 1.81 bits per heavy atom. The molecule has 1 atom stereocenters. The Kier molecular flexibility index (Phi) is 3.66. The molecule has 1 unspecified atom stereocenters. The molecule has 0 radical (unpaired) electrons. The van der Waals surface area contributed by atoms with Crippen LogP contribution >= 0.6 is 0 Å². The summed E-state index contributed by atoms with van der Waals surface area (Å²) < 4.78 is 5.70. The Bertz CT molecular complexity index is 669. The van der Waals surface area contributed by atoms with Crippen molar-refractivity contribution in [1.29, 1.82) is 5.26 Å². The zero-order chi connectivity index (χ0) is 14.7. The van der Waals surface area contributed by atoms with Crippen molar-refractivity contribution in [1.82, 2.24) is 0 Å². The molecule has 0 N–H and O–H groups in total. The maximum Gasteiger partial charge on any atom is 0.124 e. The van der Waals surface area contributed by atoms with Crippen molar-refractivity contribution in [2.45, 2.75) is 31.6 Å². The smallest absolute Gasteiger partial charge is 0.124 e. The standard InChI is InChI=1S/C19H19NO/c1-2-15-7-9-16(10-8-15)13-19(14-20)11-12-21-18-6-4-3-5-17(18)19/h3-10H,2,11-13H2,1H3. The van der Waals surface area contributed by atoms with Crippen molar-refractivity contribution >= 4 is 0 Å². The van der Waals surface area contributed by atoms with E-state index in [9.17, 15) is 5.26 Å². The van der Waals surface area contributed by atoms with E-state index in [4.69, 9.17) is 4.74 Å². The monoisotopic (exact) mass is 277 g/mol. The first-order valence-corrected chi connectivity index (χ1v) is 7.49. The minimum Gasteiger partial charge on any atom is -0.493 e. The van der Waals surface area contributed by atoms with E-state index < -0.39 is 5.41 Å². The molecule has 2 heteroatoms. The van der Waals surface area contributed by atoms with Gasteiger partial charge in [-0.1, -0.05) is 49.4 Å². The quantitative estimate of drug-likeness (QED) is 0.848. The average Bonchev–Trinajstić information content (AvgIpc) is 2.56. The summed E-state index contributed by atoms with van der Waals surface area (Å²) in [7, 11) is 0. The number of nitrogens with zero attached hydrogens (tertiary/aromatic N) is 1. The summed E-state index contributed by atoms with van der Waals surface area (Å²) in [6, 6.07) is 19.1. The molecule has 2 aromatic carbocycles. The van der Waals surface area contributed by atoms with E-state index in [1.54, 1.807) is 0 Å². The Morgan fingerprint density at radius 3 is 2.52 bits per heavy atom. The van der Waals surface area contributed by atoms with Crippen molar-refractivity contribution in [3.8, 4) is 11.8 Å². The molecule has 0 saturated heterocycles. The van der Waals surface area contributed by atoms with Gasteiger partial charge in [-0.25, -0.2) is 0 Å². The topological polar surface area (TPSA) is 33.0 Å². The van der Waals surface area contributed by atoms with Gasteiger partial charge in [-0.05, 0) is 30.0 Å². The largest absolute Gasteiger partial charge is 0.493 e. The summed E-state index contributed by atoms with van der Waals surface area (Å²) >= 11 is 0. The van der Waals surface area contributed by atoms with Gasteiger partial charge in [0.1, 0.15) is 5.75 Å². The van der Waals surface area contributed by atoms with Crippen molar-refractivity contribution in [2.24, 2.45) is 0 Å². The predicted octanol–water partition coefficient (Wildman–Crippen LogP) is 4.04. The SMILES string of the molecule is CCc1ccc(CC2(C#N)CCOc3ccccc32)cc1. The lowest BCUT2D eigenvalue weighted by Gasteiger charge is -2.33. The van der Waals surface area contributed by atoms with Crippen molar-refractivity contribution in [3.05, 3.63) is 65.2 Å². The summed E-state index contributed by atoms with van der Waals surface area (Å²) in [4.78, 5) is 0. The van der Waals surface area contributed by atoms with Crippen LogP contribution in [0.2, 0.25) is 0 Å². The molecule has 0 aliphatic carbocycles. The number of fused-ring (bicyclic) bond motifs is 1. The maximum atomic E-state index is 9.84. The number of ether oxygens (including phenoxy) is 1. The number of nitriles is 1. The Balaban J connectivity index is 1.96. The molecular formula is C19H19NO. The molecule has 0 saturated carbocycles. The van der Waals surface area contributed by atoms with Crippen LogP contribution in [0.5, 0.6) is 5.75 Å². The molecule has 1 heterocycles. The van der Waals surface area contributed by atoms with Crippen LogP contribution in [0.3, 0.4) is 0 Å². The highest BCUT2D eigenvalue weighted by molar-refractivity contribution is 5.47. The molecule has 0 spiro atoms. The second-order valence-electron chi connectivity index (χ2n) is 5.64. The fraction of sp³-hybridized carbons (Fsp3) is 0.316. The van der Waals surface area contributed by atoms with E-state index in [0.717, 1.165) is 30.6 Å². The van der Waals surface area contributed by atoms with Gasteiger partial charge in [0.05, 0.1) is 18.1 Å². The third kappa shape index (κ3) is 2.52. The lowest BCUT2D eigenvalue weighted by Crippen LogP contribution is -2.33. The molecule has 3 rings (SSSR count). The van der Waals surface area contributed by atoms with Gasteiger partial charge in [0.15, 0.2) is 0 Å². The number of hydrogen-bond acceptors (Lipinski definition) is 2.